The number of hydrogen-bond acceptors (Lipinski definition) is 5. The number of halogens is 3. The van der Waals surface area contributed by atoms with E-state index in [2.05, 4.69) is 20.1 Å². The molecule has 4 heterocycles. The van der Waals surface area contributed by atoms with Crippen LogP contribution in [0.4, 0.5) is 13.2 Å². The van der Waals surface area contributed by atoms with Gasteiger partial charge in [0.15, 0.2) is 11.6 Å². The first-order valence-electron chi connectivity index (χ1n) is 9.83. The third-order valence-corrected chi connectivity index (χ3v) is 4.93. The largest absolute Gasteiger partial charge is 0.436 e. The lowest BCUT2D eigenvalue weighted by molar-refractivity contribution is 0.130. The van der Waals surface area contributed by atoms with Crippen LogP contribution < -0.4 is 0 Å². The lowest BCUT2D eigenvalue weighted by Gasteiger charge is -2.01. The van der Waals surface area contributed by atoms with E-state index in [1.807, 2.05) is 17.8 Å². The monoisotopic (exact) mass is 438 g/mol. The summed E-state index contributed by atoms with van der Waals surface area (Å²) in [7, 11) is 1.86. The molecular formula is C22H17F3N6O. The molecule has 0 fully saturated rings. The van der Waals surface area contributed by atoms with Crippen LogP contribution in [0.5, 0.6) is 0 Å². The van der Waals surface area contributed by atoms with Gasteiger partial charge in [0.2, 0.25) is 12.1 Å². The van der Waals surface area contributed by atoms with Crippen LogP contribution in [0.3, 0.4) is 0 Å². The molecule has 0 bridgehead atoms. The Morgan fingerprint density at radius 1 is 1.09 bits per heavy atom. The van der Waals surface area contributed by atoms with Crippen molar-refractivity contribution in [1.29, 1.82) is 0 Å². The number of hydrogen-bond donors (Lipinski definition) is 0. The van der Waals surface area contributed by atoms with Gasteiger partial charge in [-0.05, 0) is 30.3 Å². The molecule has 0 aliphatic heterocycles. The highest BCUT2D eigenvalue weighted by molar-refractivity contribution is 5.82. The summed E-state index contributed by atoms with van der Waals surface area (Å²) in [5.74, 6) is 0.489. The summed E-state index contributed by atoms with van der Waals surface area (Å²) in [5.41, 5.74) is 2.65. The highest BCUT2D eigenvalue weighted by atomic mass is 19.3. The van der Waals surface area contributed by atoms with Gasteiger partial charge in [-0.3, -0.25) is 4.68 Å². The summed E-state index contributed by atoms with van der Waals surface area (Å²) in [6.07, 6.45) is 3.95. The van der Waals surface area contributed by atoms with E-state index in [1.54, 1.807) is 36.9 Å². The van der Waals surface area contributed by atoms with E-state index in [0.29, 0.717) is 45.2 Å². The maximum Gasteiger partial charge on any atom is 0.240 e. The van der Waals surface area contributed by atoms with Crippen LogP contribution in [0.25, 0.3) is 45.2 Å². The summed E-state index contributed by atoms with van der Waals surface area (Å²) < 4.78 is 47.9. The fourth-order valence-electron chi connectivity index (χ4n) is 3.38. The molecule has 0 N–H and O–H groups in total. The van der Waals surface area contributed by atoms with Crippen LogP contribution >= 0.6 is 0 Å². The van der Waals surface area contributed by atoms with E-state index in [1.165, 1.54) is 16.8 Å². The van der Waals surface area contributed by atoms with Gasteiger partial charge in [0.1, 0.15) is 17.2 Å². The second-order valence-corrected chi connectivity index (χ2v) is 7.33. The molecule has 0 radical (unpaired) electrons. The Morgan fingerprint density at radius 3 is 2.62 bits per heavy atom. The highest BCUT2D eigenvalue weighted by Gasteiger charge is 2.18. The van der Waals surface area contributed by atoms with Gasteiger partial charge < -0.3 is 8.98 Å². The Hall–Kier alpha value is -3.95. The van der Waals surface area contributed by atoms with Crippen molar-refractivity contribution in [3.63, 3.8) is 0 Å². The molecule has 0 saturated carbocycles. The predicted octanol–water partition coefficient (Wildman–Crippen LogP) is 4.95. The normalized spacial score (nSPS) is 11.7. The van der Waals surface area contributed by atoms with Crippen LogP contribution in [0.1, 0.15) is 6.42 Å². The molecular weight excluding hydrogens is 421 g/mol. The summed E-state index contributed by atoms with van der Waals surface area (Å²) in [6, 6.07) is 7.57. The Kier molecular flexibility index (Phi) is 4.96. The molecule has 10 heteroatoms. The third-order valence-electron chi connectivity index (χ3n) is 4.93. The van der Waals surface area contributed by atoms with E-state index in [-0.39, 0.29) is 18.8 Å². The Labute approximate surface area is 180 Å². The molecule has 5 aromatic rings. The molecule has 0 amide bonds. The summed E-state index contributed by atoms with van der Waals surface area (Å²) in [5, 5.41) is 5.13. The van der Waals surface area contributed by atoms with Crippen molar-refractivity contribution in [3.05, 3.63) is 61.1 Å². The molecule has 7 nitrogen and oxygen atoms in total. The zero-order valence-electron chi connectivity index (χ0n) is 16.9. The second-order valence-electron chi connectivity index (χ2n) is 7.33. The van der Waals surface area contributed by atoms with Crippen molar-refractivity contribution >= 4 is 11.1 Å². The van der Waals surface area contributed by atoms with Gasteiger partial charge in [0.25, 0.3) is 0 Å². The zero-order chi connectivity index (χ0) is 22.2. The number of furan rings is 1. The van der Waals surface area contributed by atoms with E-state index in [0.717, 1.165) is 0 Å². The number of alkyl halides is 2. The van der Waals surface area contributed by atoms with Gasteiger partial charge in [-0.25, -0.2) is 23.1 Å². The lowest BCUT2D eigenvalue weighted by Crippen LogP contribution is -2.03. The number of aromatic nitrogens is 6. The maximum absolute atomic E-state index is 13.4. The number of fused-ring (bicyclic) bond motifs is 1. The molecule has 0 aliphatic carbocycles. The molecule has 0 aliphatic rings. The molecule has 1 aromatic carbocycles. The number of rotatable bonds is 6. The lowest BCUT2D eigenvalue weighted by atomic mass is 10.1. The van der Waals surface area contributed by atoms with Crippen LogP contribution in [0, 0.1) is 5.82 Å². The molecule has 0 unspecified atom stereocenters. The molecule has 0 spiro atoms. The molecule has 4 aromatic heterocycles. The zero-order valence-corrected chi connectivity index (χ0v) is 16.9. The van der Waals surface area contributed by atoms with Crippen LogP contribution in [-0.2, 0) is 13.6 Å². The van der Waals surface area contributed by atoms with Crippen LogP contribution in [0.2, 0.25) is 0 Å². The summed E-state index contributed by atoms with van der Waals surface area (Å²) in [6.45, 7) is 0.0265. The Balaban J connectivity index is 1.58. The van der Waals surface area contributed by atoms with Gasteiger partial charge in [-0.2, -0.15) is 10.1 Å². The minimum atomic E-state index is -2.45. The Morgan fingerprint density at radius 2 is 1.91 bits per heavy atom. The van der Waals surface area contributed by atoms with Gasteiger partial charge in [0, 0.05) is 44.2 Å². The van der Waals surface area contributed by atoms with Crippen molar-refractivity contribution in [2.24, 2.45) is 7.05 Å². The molecule has 5 rings (SSSR count). The van der Waals surface area contributed by atoms with Crippen molar-refractivity contribution in [2.75, 3.05) is 0 Å². The minimum Gasteiger partial charge on any atom is -0.436 e. The SMILES string of the molecule is Cn1cnc(-c2cc3cnc(-c4cn(CCC(F)F)nc4-c4ccc(F)cc4)nc3o2)c1. The molecule has 0 saturated heterocycles. The average molecular weight is 438 g/mol. The van der Waals surface area contributed by atoms with Crippen molar-refractivity contribution in [3.8, 4) is 34.1 Å². The topological polar surface area (TPSA) is 74.6 Å². The van der Waals surface area contributed by atoms with Crippen LogP contribution in [0.15, 0.2) is 59.7 Å². The third kappa shape index (κ3) is 3.86. The van der Waals surface area contributed by atoms with Gasteiger partial charge in [-0.1, -0.05) is 0 Å². The van der Waals surface area contributed by atoms with Crippen LogP contribution in [-0.4, -0.2) is 35.7 Å². The standard InChI is InChI=1S/C22H17F3N6O/c1-30-11-17(27-12-30)18-8-14-9-26-21(28-22(14)32-18)16-10-31(7-6-19(24)25)29-20(16)13-2-4-15(23)5-3-13/h2-5,8-12,19H,6-7H2,1H3. The summed E-state index contributed by atoms with van der Waals surface area (Å²) in [4.78, 5) is 13.2. The van der Waals surface area contributed by atoms with E-state index in [9.17, 15) is 13.2 Å². The second kappa shape index (κ2) is 7.95. The first kappa shape index (κ1) is 20.0. The first-order valence-corrected chi connectivity index (χ1v) is 9.83. The predicted molar refractivity (Wildman–Crippen MR) is 111 cm³/mol. The highest BCUT2D eigenvalue weighted by Crippen LogP contribution is 2.32. The summed E-state index contributed by atoms with van der Waals surface area (Å²) >= 11 is 0. The molecule has 0 atom stereocenters. The van der Waals surface area contributed by atoms with E-state index >= 15 is 0 Å². The number of aryl methyl sites for hydroxylation is 2. The number of benzene rings is 1. The van der Waals surface area contributed by atoms with E-state index in [4.69, 9.17) is 4.42 Å². The van der Waals surface area contributed by atoms with Gasteiger partial charge >= 0.3 is 0 Å². The quantitative estimate of drug-likeness (QED) is 0.375. The fraction of sp³-hybridized carbons (Fsp3) is 0.182. The minimum absolute atomic E-state index is 0.0265. The smallest absolute Gasteiger partial charge is 0.240 e. The average Bonchev–Trinajstić information content (AvgIpc) is 3.50. The fourth-order valence-corrected chi connectivity index (χ4v) is 3.38. The van der Waals surface area contributed by atoms with Crippen molar-refractivity contribution < 1.29 is 17.6 Å². The Bertz CT molecular complexity index is 1390. The van der Waals surface area contributed by atoms with Crippen molar-refractivity contribution in [1.82, 2.24) is 29.3 Å². The van der Waals surface area contributed by atoms with Gasteiger partial charge in [-0.15, -0.1) is 0 Å². The maximum atomic E-state index is 13.4. The van der Waals surface area contributed by atoms with Gasteiger partial charge in [0.05, 0.1) is 17.3 Å². The van der Waals surface area contributed by atoms with E-state index < -0.39 is 6.43 Å². The molecule has 162 valence electrons. The molecule has 32 heavy (non-hydrogen) atoms. The number of imidazole rings is 1. The first-order chi connectivity index (χ1) is 15.5. The number of nitrogens with zero attached hydrogens (tertiary/aromatic N) is 6. The van der Waals surface area contributed by atoms with Crippen molar-refractivity contribution in [2.45, 2.75) is 19.4 Å².